The highest BCUT2D eigenvalue weighted by Gasteiger charge is 1.79. The van der Waals surface area contributed by atoms with Crippen molar-refractivity contribution in [3.63, 3.8) is 0 Å². The topological polar surface area (TPSA) is 0 Å². The van der Waals surface area contributed by atoms with Gasteiger partial charge in [0, 0.05) is 0 Å². The van der Waals surface area contributed by atoms with E-state index in [0.29, 0.717) is 0 Å². The van der Waals surface area contributed by atoms with E-state index in [4.69, 9.17) is 0 Å². The summed E-state index contributed by atoms with van der Waals surface area (Å²) in [5.41, 5.74) is 2.38. The van der Waals surface area contributed by atoms with Crippen LogP contribution in [0.25, 0.3) is 0 Å². The maximum atomic E-state index is 3.79. The van der Waals surface area contributed by atoms with Gasteiger partial charge in [-0.3, -0.25) is 0 Å². The van der Waals surface area contributed by atoms with Crippen LogP contribution in [0.2, 0.25) is 0 Å². The van der Waals surface area contributed by atoms with E-state index in [0.717, 1.165) is 12.0 Å². The first-order valence-corrected chi connectivity index (χ1v) is 3.67. The van der Waals surface area contributed by atoms with E-state index in [1.807, 2.05) is 6.92 Å². The molecule has 0 aromatic heterocycles. The maximum Gasteiger partial charge on any atom is -0.0376 e. The van der Waals surface area contributed by atoms with Crippen LogP contribution in [-0.4, -0.2) is 0 Å². The lowest BCUT2D eigenvalue weighted by molar-refractivity contribution is 1.22. The highest BCUT2D eigenvalue weighted by Crippen LogP contribution is 2.00. The highest BCUT2D eigenvalue weighted by molar-refractivity contribution is 5.25. The Morgan fingerprint density at radius 3 is 2.40 bits per heavy atom. The van der Waals surface area contributed by atoms with Crippen molar-refractivity contribution in [1.29, 1.82) is 0 Å². The van der Waals surface area contributed by atoms with E-state index in [1.54, 1.807) is 0 Å². The summed E-state index contributed by atoms with van der Waals surface area (Å²) >= 11 is 0. The second-order valence-corrected chi connectivity index (χ2v) is 2.55. The standard InChI is InChI=1S/C10H16/c1-5-6-7-10(4)8-9(2)3/h6-8H,2,5H2,1,3-4H3/b7-6-,10-8-. The SMILES string of the molecule is C=C(C)/C=C(C)\C=C/CC. The Kier molecular flexibility index (Phi) is 4.65. The summed E-state index contributed by atoms with van der Waals surface area (Å²) in [7, 11) is 0. The minimum absolute atomic E-state index is 1.10. The lowest BCUT2D eigenvalue weighted by atomic mass is 10.2. The van der Waals surface area contributed by atoms with E-state index >= 15 is 0 Å². The van der Waals surface area contributed by atoms with E-state index in [-0.39, 0.29) is 0 Å². The van der Waals surface area contributed by atoms with Gasteiger partial charge in [0.15, 0.2) is 0 Å². The average Bonchev–Trinajstić information content (AvgIpc) is 1.82. The van der Waals surface area contributed by atoms with Crippen molar-refractivity contribution < 1.29 is 0 Å². The van der Waals surface area contributed by atoms with Crippen LogP contribution >= 0.6 is 0 Å². The molecule has 0 nitrogen and oxygen atoms in total. The molecule has 0 aromatic carbocycles. The smallest absolute Gasteiger partial charge is 0.0376 e. The van der Waals surface area contributed by atoms with Crippen LogP contribution in [0.5, 0.6) is 0 Å². The van der Waals surface area contributed by atoms with Gasteiger partial charge in [0.1, 0.15) is 0 Å². The molecule has 0 radical (unpaired) electrons. The second-order valence-electron chi connectivity index (χ2n) is 2.55. The zero-order chi connectivity index (χ0) is 7.98. The van der Waals surface area contributed by atoms with Gasteiger partial charge >= 0.3 is 0 Å². The largest absolute Gasteiger partial charge is 0.0961 e. The molecule has 0 aliphatic heterocycles. The van der Waals surface area contributed by atoms with Gasteiger partial charge in [0.25, 0.3) is 0 Å². The molecule has 0 heterocycles. The molecule has 0 spiro atoms. The number of hydrogen-bond donors (Lipinski definition) is 0. The Bertz CT molecular complexity index is 159. The average molecular weight is 136 g/mol. The summed E-state index contributed by atoms with van der Waals surface area (Å²) < 4.78 is 0. The Hall–Kier alpha value is -0.780. The minimum Gasteiger partial charge on any atom is -0.0961 e. The first-order valence-electron chi connectivity index (χ1n) is 3.67. The van der Waals surface area contributed by atoms with Crippen LogP contribution < -0.4 is 0 Å². The number of hydrogen-bond acceptors (Lipinski definition) is 0. The molecule has 0 aliphatic rings. The van der Waals surface area contributed by atoms with E-state index < -0.39 is 0 Å². The molecule has 0 bridgehead atoms. The molecule has 0 heteroatoms. The van der Waals surface area contributed by atoms with Crippen LogP contribution in [0.1, 0.15) is 27.2 Å². The van der Waals surface area contributed by atoms with Gasteiger partial charge < -0.3 is 0 Å². The molecule has 0 saturated heterocycles. The predicted octanol–water partition coefficient (Wildman–Crippen LogP) is 3.48. The summed E-state index contributed by atoms with van der Waals surface area (Å²) in [6, 6.07) is 0. The van der Waals surface area contributed by atoms with Crippen molar-refractivity contribution >= 4 is 0 Å². The fraction of sp³-hybridized carbons (Fsp3) is 0.400. The fourth-order valence-corrected chi connectivity index (χ4v) is 0.741. The molecule has 0 unspecified atom stereocenters. The van der Waals surface area contributed by atoms with Crippen LogP contribution in [0.15, 0.2) is 36.0 Å². The Morgan fingerprint density at radius 2 is 2.00 bits per heavy atom. The van der Waals surface area contributed by atoms with Crippen molar-refractivity contribution in [2.24, 2.45) is 0 Å². The van der Waals surface area contributed by atoms with Crippen molar-refractivity contribution in [1.82, 2.24) is 0 Å². The van der Waals surface area contributed by atoms with Crippen LogP contribution in [-0.2, 0) is 0 Å². The molecule has 0 atom stereocenters. The minimum atomic E-state index is 1.10. The van der Waals surface area contributed by atoms with Gasteiger partial charge in [0.05, 0.1) is 0 Å². The van der Waals surface area contributed by atoms with Gasteiger partial charge in [0.2, 0.25) is 0 Å². The highest BCUT2D eigenvalue weighted by atomic mass is 13.9. The van der Waals surface area contributed by atoms with E-state index in [2.05, 4.69) is 38.7 Å². The molecular weight excluding hydrogens is 120 g/mol. The third-order valence-electron chi connectivity index (χ3n) is 1.09. The third-order valence-corrected chi connectivity index (χ3v) is 1.09. The van der Waals surface area contributed by atoms with E-state index in [1.165, 1.54) is 5.57 Å². The molecule has 10 heavy (non-hydrogen) atoms. The van der Waals surface area contributed by atoms with Crippen LogP contribution in [0.4, 0.5) is 0 Å². The van der Waals surface area contributed by atoms with Crippen LogP contribution in [0, 0.1) is 0 Å². The van der Waals surface area contributed by atoms with Gasteiger partial charge in [-0.1, -0.05) is 42.9 Å². The van der Waals surface area contributed by atoms with E-state index in [9.17, 15) is 0 Å². The summed E-state index contributed by atoms with van der Waals surface area (Å²) in [6.45, 7) is 10.0. The van der Waals surface area contributed by atoms with Crippen molar-refractivity contribution in [2.75, 3.05) is 0 Å². The fourth-order valence-electron chi connectivity index (χ4n) is 0.741. The normalized spacial score (nSPS) is 12.5. The van der Waals surface area contributed by atoms with Crippen molar-refractivity contribution in [2.45, 2.75) is 27.2 Å². The lowest BCUT2D eigenvalue weighted by Crippen LogP contribution is -1.69. The Morgan fingerprint density at radius 1 is 1.40 bits per heavy atom. The summed E-state index contributed by atoms with van der Waals surface area (Å²) in [6.07, 6.45) is 7.44. The zero-order valence-electron chi connectivity index (χ0n) is 7.15. The van der Waals surface area contributed by atoms with Gasteiger partial charge in [-0.25, -0.2) is 0 Å². The van der Waals surface area contributed by atoms with Crippen molar-refractivity contribution in [3.05, 3.63) is 36.0 Å². The molecule has 0 aliphatic carbocycles. The summed E-state index contributed by atoms with van der Waals surface area (Å²) in [5, 5.41) is 0. The van der Waals surface area contributed by atoms with Gasteiger partial charge in [-0.15, -0.1) is 0 Å². The molecule has 0 fully saturated rings. The Labute approximate surface area is 64.0 Å². The first kappa shape index (κ1) is 9.22. The molecule has 0 N–H and O–H groups in total. The van der Waals surface area contributed by atoms with Crippen molar-refractivity contribution in [3.8, 4) is 0 Å². The zero-order valence-corrected chi connectivity index (χ0v) is 7.15. The number of rotatable bonds is 3. The number of allylic oxidation sites excluding steroid dienone is 5. The second kappa shape index (κ2) is 5.04. The third kappa shape index (κ3) is 5.36. The monoisotopic (exact) mass is 136 g/mol. The first-order chi connectivity index (χ1) is 4.66. The summed E-state index contributed by atoms with van der Waals surface area (Å²) in [5.74, 6) is 0. The van der Waals surface area contributed by atoms with Gasteiger partial charge in [-0.05, 0) is 20.3 Å². The molecule has 0 saturated carbocycles. The predicted molar refractivity (Wildman–Crippen MR) is 48.0 cm³/mol. The van der Waals surface area contributed by atoms with Gasteiger partial charge in [-0.2, -0.15) is 0 Å². The lowest BCUT2D eigenvalue weighted by Gasteiger charge is -1.90. The molecular formula is C10H16. The molecule has 0 amide bonds. The van der Waals surface area contributed by atoms with Crippen LogP contribution in [0.3, 0.4) is 0 Å². The molecule has 56 valence electrons. The maximum absolute atomic E-state index is 3.79. The Balaban J connectivity index is 3.94. The molecule has 0 rings (SSSR count). The molecule has 0 aromatic rings. The quantitative estimate of drug-likeness (QED) is 0.521. The summed E-state index contributed by atoms with van der Waals surface area (Å²) in [4.78, 5) is 0.